The number of hydrogen-bond donors (Lipinski definition) is 0. The molecule has 2 aliphatic rings. The van der Waals surface area contributed by atoms with Crippen molar-refractivity contribution in [3.63, 3.8) is 0 Å². The molecule has 0 fully saturated rings. The maximum absolute atomic E-state index is 4.44. The van der Waals surface area contributed by atoms with Crippen molar-refractivity contribution in [2.24, 2.45) is 7.05 Å². The maximum Gasteiger partial charge on any atom is 0.132 e. The molecule has 0 bridgehead atoms. The van der Waals surface area contributed by atoms with Crippen LogP contribution in [0.5, 0.6) is 0 Å². The van der Waals surface area contributed by atoms with Crippen molar-refractivity contribution in [3.05, 3.63) is 24.3 Å². The van der Waals surface area contributed by atoms with E-state index in [0.29, 0.717) is 5.92 Å². The van der Waals surface area contributed by atoms with E-state index in [-0.39, 0.29) is 0 Å². The van der Waals surface area contributed by atoms with Crippen LogP contribution in [0.3, 0.4) is 0 Å². The monoisotopic (exact) mass is 175 g/mol. The molecule has 2 rings (SSSR count). The number of imidazole rings is 1. The topological polar surface area (TPSA) is 30.7 Å². The van der Waals surface area contributed by atoms with Gasteiger partial charge >= 0.3 is 0 Å². The zero-order valence-corrected chi connectivity index (χ0v) is 8.15. The first kappa shape index (κ1) is 8.23. The number of hydrogen-bond acceptors (Lipinski definition) is 2. The maximum atomic E-state index is 4.44. The van der Waals surface area contributed by atoms with Gasteiger partial charge in [-0.2, -0.15) is 0 Å². The third-order valence-electron chi connectivity index (χ3n) is 2.04. The molecular weight excluding hydrogens is 162 g/mol. The van der Waals surface area contributed by atoms with Crippen molar-refractivity contribution in [1.29, 1.82) is 0 Å². The van der Waals surface area contributed by atoms with Crippen LogP contribution in [0.25, 0.3) is 11.4 Å². The summed E-state index contributed by atoms with van der Waals surface area (Å²) in [5.74, 6) is 1.33. The number of aromatic nitrogens is 3. The van der Waals surface area contributed by atoms with Gasteiger partial charge in [0.2, 0.25) is 0 Å². The van der Waals surface area contributed by atoms with Crippen LogP contribution in [-0.4, -0.2) is 14.5 Å². The molecule has 2 aliphatic heterocycles. The van der Waals surface area contributed by atoms with E-state index in [1.807, 2.05) is 30.1 Å². The van der Waals surface area contributed by atoms with Crippen molar-refractivity contribution < 1.29 is 0 Å². The Morgan fingerprint density at radius 3 is 2.62 bits per heavy atom. The van der Waals surface area contributed by atoms with Crippen LogP contribution < -0.4 is 0 Å². The molecule has 13 heavy (non-hydrogen) atoms. The average molecular weight is 175 g/mol. The number of aryl methyl sites for hydroxylation is 1. The van der Waals surface area contributed by atoms with Gasteiger partial charge < -0.3 is 4.57 Å². The standard InChI is InChI=1S/C10H13N3/c1-7(2)10-11-8-4-5-13(3)6-9(8)12-10/h4-7H,1-3H3. The highest BCUT2D eigenvalue weighted by Crippen LogP contribution is 2.21. The van der Waals surface area contributed by atoms with Gasteiger partial charge in [-0.15, -0.1) is 0 Å². The Kier molecular flexibility index (Phi) is 1.79. The van der Waals surface area contributed by atoms with E-state index in [2.05, 4.69) is 23.8 Å². The lowest BCUT2D eigenvalue weighted by Gasteiger charge is -1.98. The van der Waals surface area contributed by atoms with Gasteiger partial charge in [0.15, 0.2) is 0 Å². The van der Waals surface area contributed by atoms with Crippen LogP contribution in [0, 0.1) is 0 Å². The zero-order valence-electron chi connectivity index (χ0n) is 8.15. The molecule has 0 aromatic carbocycles. The van der Waals surface area contributed by atoms with Crippen molar-refractivity contribution in [2.75, 3.05) is 0 Å². The summed E-state index contributed by atoms with van der Waals surface area (Å²) in [7, 11) is 1.99. The Balaban J connectivity index is 2.57. The van der Waals surface area contributed by atoms with Crippen LogP contribution in [0.1, 0.15) is 25.6 Å². The average Bonchev–Trinajstić information content (AvgIpc) is 2.46. The highest BCUT2D eigenvalue weighted by molar-refractivity contribution is 5.54. The summed E-state index contributed by atoms with van der Waals surface area (Å²) in [6.07, 6.45) is 3.98. The smallest absolute Gasteiger partial charge is 0.132 e. The van der Waals surface area contributed by atoms with Crippen molar-refractivity contribution in [1.82, 2.24) is 14.5 Å². The van der Waals surface area contributed by atoms with Crippen LogP contribution in [0.15, 0.2) is 18.5 Å². The first-order chi connectivity index (χ1) is 6.16. The second-order valence-corrected chi connectivity index (χ2v) is 3.62. The summed E-state index contributed by atoms with van der Waals surface area (Å²) in [6.45, 7) is 4.21. The predicted molar refractivity (Wildman–Crippen MR) is 51.7 cm³/mol. The lowest BCUT2D eigenvalue weighted by molar-refractivity contribution is 0.797. The molecule has 0 spiro atoms. The second-order valence-electron chi connectivity index (χ2n) is 3.62. The number of nitrogens with zero attached hydrogens (tertiary/aromatic N) is 3. The molecule has 0 amide bonds. The van der Waals surface area contributed by atoms with E-state index in [1.54, 1.807) is 0 Å². The van der Waals surface area contributed by atoms with Gasteiger partial charge in [-0.3, -0.25) is 0 Å². The van der Waals surface area contributed by atoms with E-state index in [0.717, 1.165) is 17.2 Å². The summed E-state index contributed by atoms with van der Waals surface area (Å²) < 4.78 is 1.99. The third-order valence-corrected chi connectivity index (χ3v) is 2.04. The molecule has 0 saturated heterocycles. The van der Waals surface area contributed by atoms with Crippen molar-refractivity contribution in [2.45, 2.75) is 19.8 Å². The summed E-state index contributed by atoms with van der Waals surface area (Å²) in [4.78, 5) is 8.87. The molecule has 0 N–H and O–H groups in total. The lowest BCUT2D eigenvalue weighted by Crippen LogP contribution is -1.90. The lowest BCUT2D eigenvalue weighted by atomic mass is 10.2. The van der Waals surface area contributed by atoms with E-state index < -0.39 is 0 Å². The highest BCUT2D eigenvalue weighted by atomic mass is 15.0. The van der Waals surface area contributed by atoms with Gasteiger partial charge in [-0.25, -0.2) is 9.97 Å². The molecule has 3 nitrogen and oxygen atoms in total. The first-order valence-corrected chi connectivity index (χ1v) is 4.46. The predicted octanol–water partition coefficient (Wildman–Crippen LogP) is 2.04. The molecule has 0 radical (unpaired) electrons. The Bertz CT molecular complexity index is 389. The van der Waals surface area contributed by atoms with Gasteiger partial charge in [-0.1, -0.05) is 13.8 Å². The minimum Gasteiger partial charge on any atom is -0.355 e. The third kappa shape index (κ3) is 1.41. The van der Waals surface area contributed by atoms with Gasteiger partial charge in [0, 0.05) is 25.4 Å². The molecule has 0 atom stereocenters. The van der Waals surface area contributed by atoms with Gasteiger partial charge in [-0.05, 0) is 6.07 Å². The largest absolute Gasteiger partial charge is 0.355 e. The molecule has 68 valence electrons. The number of fused-ring (bicyclic) bond motifs is 1. The zero-order chi connectivity index (χ0) is 9.42. The Morgan fingerprint density at radius 2 is 1.92 bits per heavy atom. The highest BCUT2D eigenvalue weighted by Gasteiger charge is 2.12. The fourth-order valence-corrected chi connectivity index (χ4v) is 1.29. The van der Waals surface area contributed by atoms with E-state index in [4.69, 9.17) is 0 Å². The van der Waals surface area contributed by atoms with Gasteiger partial charge in [0.25, 0.3) is 0 Å². The summed E-state index contributed by atoms with van der Waals surface area (Å²) in [5, 5.41) is 0. The van der Waals surface area contributed by atoms with Crippen molar-refractivity contribution >= 4 is 0 Å². The Labute approximate surface area is 77.8 Å². The second kappa shape index (κ2) is 2.83. The molecule has 0 aromatic rings. The van der Waals surface area contributed by atoms with Crippen molar-refractivity contribution in [3.8, 4) is 11.4 Å². The molecule has 3 heteroatoms. The summed E-state index contributed by atoms with van der Waals surface area (Å²) in [6, 6.07) is 1.99. The fourth-order valence-electron chi connectivity index (χ4n) is 1.29. The molecule has 0 unspecified atom stereocenters. The van der Waals surface area contributed by atoms with Gasteiger partial charge in [0.05, 0.1) is 5.69 Å². The Morgan fingerprint density at radius 1 is 1.23 bits per heavy atom. The first-order valence-electron chi connectivity index (χ1n) is 4.46. The molecule has 0 saturated carbocycles. The minimum atomic E-state index is 0.401. The van der Waals surface area contributed by atoms with Crippen LogP contribution >= 0.6 is 0 Å². The van der Waals surface area contributed by atoms with Crippen LogP contribution in [-0.2, 0) is 7.05 Å². The Hall–Kier alpha value is -1.38. The van der Waals surface area contributed by atoms with E-state index >= 15 is 0 Å². The summed E-state index contributed by atoms with van der Waals surface area (Å²) in [5.41, 5.74) is 1.97. The normalized spacial score (nSPS) is 11.4. The van der Waals surface area contributed by atoms with Crippen LogP contribution in [0.4, 0.5) is 0 Å². The molecule has 2 heterocycles. The molecular formula is C10H13N3. The van der Waals surface area contributed by atoms with E-state index in [9.17, 15) is 0 Å². The van der Waals surface area contributed by atoms with Gasteiger partial charge in [0.1, 0.15) is 11.5 Å². The number of rotatable bonds is 1. The van der Waals surface area contributed by atoms with E-state index in [1.165, 1.54) is 0 Å². The summed E-state index contributed by atoms with van der Waals surface area (Å²) >= 11 is 0. The minimum absolute atomic E-state index is 0.401. The van der Waals surface area contributed by atoms with Crippen LogP contribution in [0.2, 0.25) is 0 Å². The SMILES string of the molecule is CC(C)c1nc2ccn(C)cc-2n1. The quantitative estimate of drug-likeness (QED) is 0.664. The fraction of sp³-hybridized carbons (Fsp3) is 0.400. The molecule has 0 aromatic heterocycles. The number of pyridine rings is 1. The molecule has 0 aliphatic carbocycles.